The molecule has 0 unspecified atom stereocenters. The summed E-state index contributed by atoms with van der Waals surface area (Å²) in [5, 5.41) is 22.6. The lowest BCUT2D eigenvalue weighted by Crippen LogP contribution is -2.51. The van der Waals surface area contributed by atoms with Crippen LogP contribution >= 0.6 is 11.8 Å². The smallest absolute Gasteiger partial charge is 0.340 e. The number of hydrogen-bond donors (Lipinski definition) is 0. The highest BCUT2D eigenvalue weighted by Crippen LogP contribution is 2.31. The molecule has 0 spiro atoms. The van der Waals surface area contributed by atoms with Crippen LogP contribution < -0.4 is 0 Å². The molecule has 0 radical (unpaired) electrons. The van der Waals surface area contributed by atoms with Gasteiger partial charge < -0.3 is 9.64 Å². The summed E-state index contributed by atoms with van der Waals surface area (Å²) in [7, 11) is -2.10. The summed E-state index contributed by atoms with van der Waals surface area (Å²) in [5.74, 6) is -1.44. The Morgan fingerprint density at radius 1 is 1.11 bits per heavy atom. The molecule has 0 aliphatic carbocycles. The fourth-order valence-electron chi connectivity index (χ4n) is 3.62. The van der Waals surface area contributed by atoms with E-state index in [4.69, 9.17) is 4.74 Å². The molecule has 200 valence electrons. The van der Waals surface area contributed by atoms with Crippen molar-refractivity contribution < 1.29 is 27.7 Å². The maximum atomic E-state index is 12.9. The second-order valence-electron chi connectivity index (χ2n) is 8.30. The SMILES string of the molecule is Cc1ccc(S(=O)(=O)N2CCN(C(=O)COC(=O)c3cc([N+](=O)[O-])ccc3Sc3nnnn3C)CC2)cc1. The van der Waals surface area contributed by atoms with Crippen molar-refractivity contribution in [3.05, 3.63) is 63.7 Å². The van der Waals surface area contributed by atoms with Crippen molar-refractivity contribution in [2.45, 2.75) is 21.9 Å². The van der Waals surface area contributed by atoms with Gasteiger partial charge in [0, 0.05) is 50.3 Å². The van der Waals surface area contributed by atoms with Crippen LogP contribution in [-0.4, -0.2) is 87.4 Å². The van der Waals surface area contributed by atoms with Crippen molar-refractivity contribution in [1.82, 2.24) is 29.4 Å². The molecule has 3 aromatic rings. The Hall–Kier alpha value is -3.89. The number of esters is 1. The summed E-state index contributed by atoms with van der Waals surface area (Å²) in [6.07, 6.45) is 0. The van der Waals surface area contributed by atoms with Crippen LogP contribution in [0.1, 0.15) is 15.9 Å². The molecule has 0 saturated carbocycles. The molecule has 2 heterocycles. The number of ether oxygens (including phenoxy) is 1. The molecule has 1 amide bonds. The van der Waals surface area contributed by atoms with Crippen molar-refractivity contribution >= 4 is 39.3 Å². The largest absolute Gasteiger partial charge is 0.452 e. The summed E-state index contributed by atoms with van der Waals surface area (Å²) >= 11 is 1.01. The zero-order valence-electron chi connectivity index (χ0n) is 20.4. The zero-order chi connectivity index (χ0) is 27.4. The summed E-state index contributed by atoms with van der Waals surface area (Å²) < 4.78 is 33.6. The van der Waals surface area contributed by atoms with Gasteiger partial charge in [-0.15, -0.1) is 5.10 Å². The van der Waals surface area contributed by atoms with Gasteiger partial charge >= 0.3 is 5.97 Å². The van der Waals surface area contributed by atoms with Crippen molar-refractivity contribution in [2.75, 3.05) is 32.8 Å². The lowest BCUT2D eigenvalue weighted by atomic mass is 10.2. The first-order valence-corrected chi connectivity index (χ1v) is 13.5. The molecule has 38 heavy (non-hydrogen) atoms. The molecule has 14 nitrogen and oxygen atoms in total. The Morgan fingerprint density at radius 3 is 2.39 bits per heavy atom. The Bertz CT molecular complexity index is 1470. The van der Waals surface area contributed by atoms with Gasteiger partial charge in [0.05, 0.1) is 15.4 Å². The lowest BCUT2D eigenvalue weighted by Gasteiger charge is -2.33. The normalized spacial score (nSPS) is 14.3. The van der Waals surface area contributed by atoms with E-state index in [1.165, 1.54) is 26.0 Å². The van der Waals surface area contributed by atoms with E-state index in [-0.39, 0.29) is 42.3 Å². The number of hydrogen-bond acceptors (Lipinski definition) is 11. The van der Waals surface area contributed by atoms with Crippen LogP contribution in [0.2, 0.25) is 0 Å². The van der Waals surface area contributed by atoms with Crippen LogP contribution in [0.3, 0.4) is 0 Å². The number of carbonyl (C=O) groups is 2. The van der Waals surface area contributed by atoms with Crippen molar-refractivity contribution in [3.63, 3.8) is 0 Å². The first-order chi connectivity index (χ1) is 18.1. The molecule has 1 aliphatic heterocycles. The maximum absolute atomic E-state index is 12.9. The quantitative estimate of drug-likeness (QED) is 0.220. The number of benzene rings is 2. The van der Waals surface area contributed by atoms with Crippen molar-refractivity contribution in [3.8, 4) is 0 Å². The number of sulfonamides is 1. The Morgan fingerprint density at radius 2 is 1.79 bits per heavy atom. The lowest BCUT2D eigenvalue weighted by molar-refractivity contribution is -0.384. The van der Waals surface area contributed by atoms with Crippen LogP contribution in [0.5, 0.6) is 0 Å². The van der Waals surface area contributed by atoms with Crippen molar-refractivity contribution in [2.24, 2.45) is 7.05 Å². The molecule has 0 bridgehead atoms. The number of aryl methyl sites for hydroxylation is 2. The van der Waals surface area contributed by atoms with Gasteiger partial charge in [-0.2, -0.15) is 4.31 Å². The molecular formula is C22H23N7O7S2. The average Bonchev–Trinajstić information content (AvgIpc) is 3.31. The van der Waals surface area contributed by atoms with Gasteiger partial charge in [-0.1, -0.05) is 17.7 Å². The second-order valence-corrected chi connectivity index (χ2v) is 11.2. The van der Waals surface area contributed by atoms with E-state index >= 15 is 0 Å². The van der Waals surface area contributed by atoms with Crippen molar-refractivity contribution in [1.29, 1.82) is 0 Å². The van der Waals surface area contributed by atoms with Gasteiger partial charge in [-0.3, -0.25) is 14.9 Å². The van der Waals surface area contributed by atoms with E-state index in [1.807, 2.05) is 6.92 Å². The predicted molar refractivity (Wildman–Crippen MR) is 133 cm³/mol. The molecule has 4 rings (SSSR count). The number of nitrogens with zero attached hydrogens (tertiary/aromatic N) is 7. The molecule has 0 atom stereocenters. The number of aromatic nitrogens is 4. The molecule has 16 heteroatoms. The third kappa shape index (κ3) is 5.98. The van der Waals surface area contributed by atoms with Crippen LogP contribution in [-0.2, 0) is 26.6 Å². The van der Waals surface area contributed by atoms with Gasteiger partial charge in [0.25, 0.3) is 11.6 Å². The van der Waals surface area contributed by atoms with Gasteiger partial charge in [0.15, 0.2) is 6.61 Å². The van der Waals surface area contributed by atoms with E-state index in [9.17, 15) is 28.1 Å². The number of nitro benzene ring substituents is 1. The number of carbonyl (C=O) groups excluding carboxylic acids is 2. The maximum Gasteiger partial charge on any atom is 0.340 e. The highest BCUT2D eigenvalue weighted by atomic mass is 32.2. The predicted octanol–water partition coefficient (Wildman–Crippen LogP) is 1.27. The first kappa shape index (κ1) is 27.2. The number of non-ortho nitro benzene ring substituents is 1. The Labute approximate surface area is 221 Å². The third-order valence-corrected chi connectivity index (χ3v) is 8.77. The standard InChI is InChI=1S/C22H23N7O7S2/c1-15-3-6-17(7-4-15)38(34,35)28-11-9-27(10-12-28)20(30)14-36-21(31)18-13-16(29(32)33)5-8-19(18)37-22-23-24-25-26(22)2/h3-8,13H,9-12,14H2,1-2H3. The van der Waals surface area contributed by atoms with Gasteiger partial charge in [0.2, 0.25) is 15.2 Å². The van der Waals surface area contributed by atoms with Gasteiger partial charge in [0.1, 0.15) is 0 Å². The van der Waals surface area contributed by atoms with E-state index < -0.39 is 33.4 Å². The number of tetrazole rings is 1. The van der Waals surface area contributed by atoms with E-state index in [0.717, 1.165) is 23.4 Å². The van der Waals surface area contributed by atoms with Gasteiger partial charge in [-0.05, 0) is 47.3 Å². The molecule has 1 saturated heterocycles. The molecule has 0 N–H and O–H groups in total. The summed E-state index contributed by atoms with van der Waals surface area (Å²) in [4.78, 5) is 38.0. The number of piperazine rings is 1. The van der Waals surface area contributed by atoms with E-state index in [2.05, 4.69) is 15.5 Å². The summed E-state index contributed by atoms with van der Waals surface area (Å²) in [6, 6.07) is 10.2. The van der Waals surface area contributed by atoms with E-state index in [0.29, 0.717) is 10.1 Å². The number of nitro groups is 1. The van der Waals surface area contributed by atoms with Crippen LogP contribution in [0.25, 0.3) is 0 Å². The zero-order valence-corrected chi connectivity index (χ0v) is 22.0. The average molecular weight is 562 g/mol. The summed E-state index contributed by atoms with van der Waals surface area (Å²) in [6.45, 7) is 1.68. The topological polar surface area (TPSA) is 171 Å². The minimum Gasteiger partial charge on any atom is -0.452 e. The third-order valence-electron chi connectivity index (χ3n) is 5.75. The fraction of sp³-hybridized carbons (Fsp3) is 0.318. The van der Waals surface area contributed by atoms with Crippen LogP contribution in [0, 0.1) is 17.0 Å². The molecule has 1 aliphatic rings. The number of amides is 1. The Balaban J connectivity index is 1.38. The van der Waals surface area contributed by atoms with E-state index in [1.54, 1.807) is 31.3 Å². The molecule has 2 aromatic carbocycles. The van der Waals surface area contributed by atoms with Gasteiger partial charge in [-0.25, -0.2) is 17.9 Å². The first-order valence-electron chi connectivity index (χ1n) is 11.3. The Kier molecular flexibility index (Phi) is 8.03. The minimum absolute atomic E-state index is 0.0906. The van der Waals surface area contributed by atoms with Crippen LogP contribution in [0.15, 0.2) is 57.4 Å². The second kappa shape index (κ2) is 11.2. The fourth-order valence-corrected chi connectivity index (χ4v) is 5.87. The monoisotopic (exact) mass is 561 g/mol. The summed E-state index contributed by atoms with van der Waals surface area (Å²) in [5.41, 5.74) is 0.499. The number of rotatable bonds is 8. The minimum atomic E-state index is -3.69. The molecule has 1 aromatic heterocycles. The van der Waals surface area contributed by atoms with Crippen LogP contribution in [0.4, 0.5) is 5.69 Å². The highest BCUT2D eigenvalue weighted by molar-refractivity contribution is 7.99. The molecule has 1 fully saturated rings. The highest BCUT2D eigenvalue weighted by Gasteiger charge is 2.30. The molecular weight excluding hydrogens is 538 g/mol.